The van der Waals surface area contributed by atoms with Crippen LogP contribution in [0.1, 0.15) is 65.2 Å². The lowest BCUT2D eigenvalue weighted by atomic mass is 9.96. The van der Waals surface area contributed by atoms with Gasteiger partial charge in [0, 0.05) is 5.33 Å². The summed E-state index contributed by atoms with van der Waals surface area (Å²) in [7, 11) is 0. The molecule has 0 N–H and O–H groups in total. The number of alkyl halides is 1. The third-order valence-electron chi connectivity index (χ3n) is 3.40. The van der Waals surface area contributed by atoms with Crippen molar-refractivity contribution < 1.29 is 4.74 Å². The van der Waals surface area contributed by atoms with Crippen molar-refractivity contribution in [2.45, 2.75) is 76.9 Å². The molecule has 0 radical (unpaired) electrons. The molecule has 1 unspecified atom stereocenters. The molecule has 0 aromatic carbocycles. The summed E-state index contributed by atoms with van der Waals surface area (Å²) < 4.78 is 6.30. The van der Waals surface area contributed by atoms with Gasteiger partial charge in [0.05, 0.1) is 11.7 Å². The van der Waals surface area contributed by atoms with Crippen molar-refractivity contribution in [3.8, 4) is 0 Å². The first kappa shape index (κ1) is 13.5. The van der Waals surface area contributed by atoms with Crippen LogP contribution in [0, 0.1) is 0 Å². The van der Waals surface area contributed by atoms with Crippen molar-refractivity contribution in [2.75, 3.05) is 5.33 Å². The van der Waals surface area contributed by atoms with E-state index >= 15 is 0 Å². The summed E-state index contributed by atoms with van der Waals surface area (Å²) in [5.74, 6) is 0. The molecule has 1 aliphatic carbocycles. The van der Waals surface area contributed by atoms with E-state index in [1.165, 1.54) is 51.4 Å². The summed E-state index contributed by atoms with van der Waals surface area (Å²) in [6.45, 7) is 4.45. The zero-order valence-corrected chi connectivity index (χ0v) is 11.8. The van der Waals surface area contributed by atoms with Crippen LogP contribution in [0.3, 0.4) is 0 Å². The lowest BCUT2D eigenvalue weighted by Gasteiger charge is -2.34. The Bertz CT molecular complexity index is 162. The van der Waals surface area contributed by atoms with Crippen LogP contribution >= 0.6 is 15.9 Å². The Morgan fingerprint density at radius 2 is 1.80 bits per heavy atom. The lowest BCUT2D eigenvalue weighted by Crippen LogP contribution is -2.37. The minimum Gasteiger partial charge on any atom is -0.371 e. The molecule has 0 heterocycles. The van der Waals surface area contributed by atoms with E-state index in [-0.39, 0.29) is 5.60 Å². The standard InChI is InChI=1S/C13H25BrO/c1-3-8-12(2)15-13(11-14)9-6-4-5-7-10-13/h12H,3-11H2,1-2H3. The van der Waals surface area contributed by atoms with Gasteiger partial charge in [0.15, 0.2) is 0 Å². The molecule has 0 aromatic heterocycles. The largest absolute Gasteiger partial charge is 0.371 e. The molecule has 15 heavy (non-hydrogen) atoms. The number of hydrogen-bond acceptors (Lipinski definition) is 1. The van der Waals surface area contributed by atoms with E-state index in [0.29, 0.717) is 6.10 Å². The quantitative estimate of drug-likeness (QED) is 0.523. The SMILES string of the molecule is CCCC(C)OC1(CBr)CCCCCC1. The number of rotatable bonds is 5. The van der Waals surface area contributed by atoms with Crippen LogP contribution in [0.2, 0.25) is 0 Å². The van der Waals surface area contributed by atoms with Crippen molar-refractivity contribution in [3.05, 3.63) is 0 Å². The van der Waals surface area contributed by atoms with Crippen molar-refractivity contribution >= 4 is 15.9 Å². The number of halogens is 1. The number of ether oxygens (including phenoxy) is 1. The normalized spacial score (nSPS) is 23.4. The molecule has 0 saturated heterocycles. The summed E-state index contributed by atoms with van der Waals surface area (Å²) in [4.78, 5) is 0. The first-order valence-corrected chi connectivity index (χ1v) is 7.58. The first-order chi connectivity index (χ1) is 7.22. The highest BCUT2D eigenvalue weighted by Crippen LogP contribution is 2.33. The molecule has 0 amide bonds. The average molecular weight is 277 g/mol. The molecule has 1 rings (SSSR count). The van der Waals surface area contributed by atoms with Gasteiger partial charge in [0.2, 0.25) is 0 Å². The summed E-state index contributed by atoms with van der Waals surface area (Å²) in [6, 6.07) is 0. The maximum Gasteiger partial charge on any atom is 0.0782 e. The van der Waals surface area contributed by atoms with Gasteiger partial charge in [-0.25, -0.2) is 0 Å². The van der Waals surface area contributed by atoms with Gasteiger partial charge in [-0.1, -0.05) is 55.0 Å². The zero-order chi connectivity index (χ0) is 11.1. The van der Waals surface area contributed by atoms with Gasteiger partial charge >= 0.3 is 0 Å². The third-order valence-corrected chi connectivity index (χ3v) is 4.43. The summed E-state index contributed by atoms with van der Waals surface area (Å²) >= 11 is 3.66. The maximum absolute atomic E-state index is 6.30. The Kier molecular flexibility index (Phi) is 6.21. The molecule has 1 atom stereocenters. The van der Waals surface area contributed by atoms with Gasteiger partial charge in [0.1, 0.15) is 0 Å². The minimum absolute atomic E-state index is 0.144. The molecule has 0 aliphatic heterocycles. The van der Waals surface area contributed by atoms with E-state index in [1.807, 2.05) is 0 Å². The molecule has 1 saturated carbocycles. The molecular formula is C13H25BrO. The van der Waals surface area contributed by atoms with Crippen molar-refractivity contribution in [2.24, 2.45) is 0 Å². The van der Waals surface area contributed by atoms with Crippen molar-refractivity contribution in [3.63, 3.8) is 0 Å². The van der Waals surface area contributed by atoms with Gasteiger partial charge in [-0.05, 0) is 26.2 Å². The molecule has 1 aliphatic rings. The molecular weight excluding hydrogens is 252 g/mol. The highest BCUT2D eigenvalue weighted by molar-refractivity contribution is 9.09. The topological polar surface area (TPSA) is 9.23 Å². The maximum atomic E-state index is 6.30. The van der Waals surface area contributed by atoms with E-state index in [4.69, 9.17) is 4.74 Å². The third kappa shape index (κ3) is 4.44. The van der Waals surface area contributed by atoms with E-state index in [0.717, 1.165) is 5.33 Å². The van der Waals surface area contributed by atoms with Crippen molar-refractivity contribution in [1.82, 2.24) is 0 Å². The Morgan fingerprint density at radius 1 is 1.20 bits per heavy atom. The van der Waals surface area contributed by atoms with Gasteiger partial charge in [-0.2, -0.15) is 0 Å². The fourth-order valence-electron chi connectivity index (χ4n) is 2.55. The van der Waals surface area contributed by atoms with Crippen LogP contribution in [0.4, 0.5) is 0 Å². The molecule has 1 nitrogen and oxygen atoms in total. The predicted octanol–water partition coefficient (Wildman–Crippen LogP) is 4.68. The summed E-state index contributed by atoms with van der Waals surface area (Å²) in [6.07, 6.45) is 10.8. The van der Waals surface area contributed by atoms with E-state index in [1.54, 1.807) is 0 Å². The van der Waals surface area contributed by atoms with Crippen LogP contribution < -0.4 is 0 Å². The van der Waals surface area contributed by atoms with Crippen LogP contribution in [-0.2, 0) is 4.74 Å². The monoisotopic (exact) mass is 276 g/mol. The Morgan fingerprint density at radius 3 is 2.27 bits per heavy atom. The highest BCUT2D eigenvalue weighted by atomic mass is 79.9. The molecule has 1 fully saturated rings. The average Bonchev–Trinajstić information content (AvgIpc) is 2.44. The van der Waals surface area contributed by atoms with E-state index < -0.39 is 0 Å². The Balaban J connectivity index is 2.49. The van der Waals surface area contributed by atoms with E-state index in [9.17, 15) is 0 Å². The number of hydrogen-bond donors (Lipinski definition) is 0. The molecule has 0 spiro atoms. The fraction of sp³-hybridized carbons (Fsp3) is 1.00. The smallest absolute Gasteiger partial charge is 0.0782 e. The molecule has 0 bridgehead atoms. The highest BCUT2D eigenvalue weighted by Gasteiger charge is 2.32. The minimum atomic E-state index is 0.144. The summed E-state index contributed by atoms with van der Waals surface area (Å²) in [5, 5.41) is 1.01. The Hall–Kier alpha value is 0.440. The second-order valence-corrected chi connectivity index (χ2v) is 5.51. The van der Waals surface area contributed by atoms with Gasteiger partial charge < -0.3 is 4.74 Å². The van der Waals surface area contributed by atoms with Gasteiger partial charge in [-0.3, -0.25) is 0 Å². The van der Waals surface area contributed by atoms with Crippen molar-refractivity contribution in [1.29, 1.82) is 0 Å². The van der Waals surface area contributed by atoms with Crippen LogP contribution in [0.25, 0.3) is 0 Å². The lowest BCUT2D eigenvalue weighted by molar-refractivity contribution is -0.0824. The first-order valence-electron chi connectivity index (χ1n) is 6.46. The summed E-state index contributed by atoms with van der Waals surface area (Å²) in [5.41, 5.74) is 0.144. The van der Waals surface area contributed by atoms with Crippen LogP contribution in [0.5, 0.6) is 0 Å². The van der Waals surface area contributed by atoms with Gasteiger partial charge in [0.25, 0.3) is 0 Å². The van der Waals surface area contributed by atoms with Crippen LogP contribution in [0.15, 0.2) is 0 Å². The molecule has 90 valence electrons. The van der Waals surface area contributed by atoms with Crippen LogP contribution in [-0.4, -0.2) is 17.0 Å². The second-order valence-electron chi connectivity index (χ2n) is 4.95. The van der Waals surface area contributed by atoms with Gasteiger partial charge in [-0.15, -0.1) is 0 Å². The molecule has 0 aromatic rings. The fourth-order valence-corrected chi connectivity index (χ4v) is 3.24. The second kappa shape index (κ2) is 6.90. The predicted molar refractivity (Wildman–Crippen MR) is 69.7 cm³/mol. The zero-order valence-electron chi connectivity index (χ0n) is 10.2. The molecule has 2 heteroatoms. The Labute approximate surface area is 103 Å². The van der Waals surface area contributed by atoms with E-state index in [2.05, 4.69) is 29.8 Å².